The van der Waals surface area contributed by atoms with Crippen LogP contribution in [-0.4, -0.2) is 9.55 Å². The summed E-state index contributed by atoms with van der Waals surface area (Å²) in [5.74, 6) is 2.11. The second-order valence-electron chi connectivity index (χ2n) is 26.7. The van der Waals surface area contributed by atoms with Gasteiger partial charge in [0.25, 0.3) is 0 Å². The van der Waals surface area contributed by atoms with Gasteiger partial charge < -0.3 is 19.1 Å². The summed E-state index contributed by atoms with van der Waals surface area (Å²) in [6, 6.07) is 69.9. The fraction of sp³-hybridized carbons (Fsp3) is 0.270. The number of benzene rings is 8. The van der Waals surface area contributed by atoms with E-state index >= 15 is 0 Å². The summed E-state index contributed by atoms with van der Waals surface area (Å²) in [5.41, 5.74) is 18.8. The van der Waals surface area contributed by atoms with Gasteiger partial charge in [0.2, 0.25) is 0 Å². The van der Waals surface area contributed by atoms with Gasteiger partial charge >= 0.3 is 0 Å². The average molecular weight is 1230 g/mol. The molecule has 1 aliphatic rings. The zero-order valence-corrected chi connectivity index (χ0v) is 51.6. The molecule has 10 aromatic rings. The fourth-order valence-corrected chi connectivity index (χ4v) is 11.2. The van der Waals surface area contributed by atoms with Crippen LogP contribution in [-0.2, 0) is 48.1 Å². The van der Waals surface area contributed by atoms with Crippen molar-refractivity contribution in [1.82, 2.24) is 9.55 Å². The number of nitrogens with zero attached hydrogens (tertiary/aromatic N) is 4. The number of fused-ring (bicyclic) bond motifs is 4. The third-order valence-corrected chi connectivity index (χ3v) is 15.7. The van der Waals surface area contributed by atoms with Crippen molar-refractivity contribution in [2.45, 2.75) is 131 Å². The van der Waals surface area contributed by atoms with Gasteiger partial charge in [-0.15, -0.1) is 47.6 Å². The van der Waals surface area contributed by atoms with Crippen LogP contribution in [0.4, 0.5) is 22.7 Å². The van der Waals surface area contributed by atoms with E-state index in [9.17, 15) is 0 Å². The Morgan fingerprint density at radius 2 is 1.05 bits per heavy atom. The molecule has 0 spiro atoms. The Hall–Kier alpha value is -7.20. The second-order valence-corrected chi connectivity index (χ2v) is 26.7. The number of ether oxygens (including phenoxy) is 1. The van der Waals surface area contributed by atoms with Crippen LogP contribution >= 0.6 is 0 Å². The predicted molar refractivity (Wildman–Crippen MR) is 334 cm³/mol. The number of aromatic nitrogens is 2. The van der Waals surface area contributed by atoms with E-state index in [-0.39, 0.29) is 48.1 Å². The van der Waals surface area contributed by atoms with Gasteiger partial charge in [-0.3, -0.25) is 0 Å². The molecule has 0 saturated carbocycles. The smallest absolute Gasteiger partial charge is 0.135 e. The van der Waals surface area contributed by atoms with Gasteiger partial charge in [0.1, 0.15) is 5.82 Å². The number of hydrogen-bond donors (Lipinski definition) is 0. The summed E-state index contributed by atoms with van der Waals surface area (Å²) in [6.07, 6.45) is 1.92. The first-order chi connectivity index (χ1) is 37.3. The first-order valence-electron chi connectivity index (χ1n) is 28.0. The van der Waals surface area contributed by atoms with Crippen molar-refractivity contribution in [3.8, 4) is 50.7 Å². The molecule has 8 aromatic carbocycles. The molecule has 0 atom stereocenters. The fourth-order valence-electron chi connectivity index (χ4n) is 11.2. The van der Waals surface area contributed by atoms with Crippen molar-refractivity contribution < 1.29 is 25.8 Å². The molecule has 0 aliphatic carbocycles. The maximum absolute atomic E-state index is 7.12. The number of rotatable bonds is 8. The first-order valence-corrected chi connectivity index (χ1v) is 28.0. The molecule has 0 amide bonds. The van der Waals surface area contributed by atoms with Crippen LogP contribution < -0.4 is 14.5 Å². The van der Waals surface area contributed by atoms with E-state index in [1.54, 1.807) is 0 Å². The summed E-state index contributed by atoms with van der Waals surface area (Å²) >= 11 is 0. The van der Waals surface area contributed by atoms with Crippen LogP contribution in [0.25, 0.3) is 61.0 Å². The van der Waals surface area contributed by atoms with Gasteiger partial charge in [-0.2, -0.15) is 12.1 Å². The minimum absolute atomic E-state index is 0. The summed E-state index contributed by atoms with van der Waals surface area (Å²) in [6.45, 7) is 36.5. The number of para-hydroxylation sites is 3. The molecular formula is C74H75N4OPt-3. The largest absolute Gasteiger partial charge is 0.509 e. The molecule has 3 heterocycles. The maximum Gasteiger partial charge on any atom is 0.135 e. The van der Waals surface area contributed by atoms with Crippen LogP contribution in [0.1, 0.15) is 132 Å². The third kappa shape index (κ3) is 10.7. The molecule has 1 aliphatic heterocycles. The van der Waals surface area contributed by atoms with Crippen molar-refractivity contribution in [2.75, 3.05) is 9.80 Å². The zero-order valence-electron chi connectivity index (χ0n) is 49.3. The van der Waals surface area contributed by atoms with E-state index in [4.69, 9.17) is 9.72 Å². The minimum Gasteiger partial charge on any atom is -0.509 e. The molecule has 5 nitrogen and oxygen atoms in total. The normalized spacial score (nSPS) is 13.2. The van der Waals surface area contributed by atoms with Crippen LogP contribution in [0.2, 0.25) is 0 Å². The maximum atomic E-state index is 7.12. The molecule has 0 unspecified atom stereocenters. The summed E-state index contributed by atoms with van der Waals surface area (Å²) in [5, 5.41) is 2.23. The minimum atomic E-state index is -0.260. The molecular weight excluding hydrogens is 1160 g/mol. The molecule has 410 valence electrons. The van der Waals surface area contributed by atoms with E-state index < -0.39 is 0 Å². The van der Waals surface area contributed by atoms with E-state index in [1.807, 2.05) is 12.3 Å². The summed E-state index contributed by atoms with van der Waals surface area (Å²) in [4.78, 5) is 9.63. The van der Waals surface area contributed by atoms with Crippen LogP contribution in [0.5, 0.6) is 11.5 Å². The molecule has 0 bridgehead atoms. The van der Waals surface area contributed by atoms with Gasteiger partial charge in [0, 0.05) is 72.5 Å². The molecule has 11 rings (SSSR count). The van der Waals surface area contributed by atoms with E-state index in [1.165, 1.54) is 44.5 Å². The standard InChI is InChI=1S/C74H75N4O.Pt/c1-70(2,3)51-32-29-48(30-33-51)50-31-36-56(62(41-50)74(13,14)15)60-43-53(72(7,8)9)42-59(49-23-17-16-18-24-49)69(60)77-47-76(64-27-21-22-28-65(64)77)54-34-38-61(73(10,11)12)67(45-54)79-55-35-37-58-57-25-19-20-26-63(57)78(66(58)46-55)68-44-52(39-40-75-68)71(4,5)6;/h16-44,47H,1-15H3;/q-3;. The average Bonchev–Trinajstić information content (AvgIpc) is 3.96. The molecule has 0 fully saturated rings. The Morgan fingerprint density at radius 3 is 1.71 bits per heavy atom. The quantitative estimate of drug-likeness (QED) is 0.142. The number of pyridine rings is 1. The van der Waals surface area contributed by atoms with Crippen molar-refractivity contribution in [2.24, 2.45) is 0 Å². The molecule has 80 heavy (non-hydrogen) atoms. The third-order valence-electron chi connectivity index (χ3n) is 15.7. The molecule has 6 heteroatoms. The second kappa shape index (κ2) is 20.7. The van der Waals surface area contributed by atoms with Gasteiger partial charge in [-0.1, -0.05) is 218 Å². The van der Waals surface area contributed by atoms with Gasteiger partial charge in [-0.05, 0) is 114 Å². The summed E-state index contributed by atoms with van der Waals surface area (Å²) < 4.78 is 9.34. The molecule has 0 saturated heterocycles. The summed E-state index contributed by atoms with van der Waals surface area (Å²) in [7, 11) is 0. The molecule has 2 aromatic heterocycles. The molecule has 0 N–H and O–H groups in total. The van der Waals surface area contributed by atoms with Crippen molar-refractivity contribution >= 4 is 44.6 Å². The van der Waals surface area contributed by atoms with Crippen LogP contribution in [0, 0.1) is 18.8 Å². The Labute approximate surface area is 491 Å². The number of anilines is 4. The van der Waals surface area contributed by atoms with E-state index in [0.29, 0.717) is 11.5 Å². The Morgan fingerprint density at radius 1 is 0.438 bits per heavy atom. The van der Waals surface area contributed by atoms with Gasteiger partial charge in [0.15, 0.2) is 0 Å². The van der Waals surface area contributed by atoms with E-state index in [0.717, 1.165) is 67.1 Å². The Balaban J connectivity index is 0.00000720. The zero-order chi connectivity index (χ0) is 56.0. The Bertz CT molecular complexity index is 3930. The van der Waals surface area contributed by atoms with Crippen molar-refractivity contribution in [3.05, 3.63) is 223 Å². The topological polar surface area (TPSA) is 33.5 Å². The first kappa shape index (κ1) is 56.1. The molecule has 0 radical (unpaired) electrons. The van der Waals surface area contributed by atoms with Gasteiger partial charge in [-0.25, -0.2) is 4.98 Å². The monoisotopic (exact) mass is 1230 g/mol. The number of hydrogen-bond acceptors (Lipinski definition) is 4. The predicted octanol–water partition coefficient (Wildman–Crippen LogP) is 20.5. The Kier molecular flexibility index (Phi) is 14.5. The van der Waals surface area contributed by atoms with Crippen molar-refractivity contribution in [3.63, 3.8) is 0 Å². The van der Waals surface area contributed by atoms with E-state index in [2.05, 4.69) is 301 Å². The van der Waals surface area contributed by atoms with Crippen LogP contribution in [0.3, 0.4) is 0 Å². The van der Waals surface area contributed by atoms with Gasteiger partial charge in [0.05, 0.1) is 0 Å². The van der Waals surface area contributed by atoms with Crippen molar-refractivity contribution in [1.29, 1.82) is 0 Å². The van der Waals surface area contributed by atoms with Crippen LogP contribution in [0.15, 0.2) is 176 Å². The SMILES string of the molecule is CC(C)(C)c1ccc(-c2ccc(-c3cc(C(C)(C)C)cc(-c4ccccc4)c3N3[CH-]N(c4[c-]c(Oc5[c-]c6c(cc5)c5ccccc5n6-c5cc(C(C)(C)C)ccn5)c(C(C)(C)C)cc4)c4ccccc43)c(C(C)(C)C)c2)cc1.[Pt].